The van der Waals surface area contributed by atoms with E-state index in [1.165, 1.54) is 25.2 Å². The quantitative estimate of drug-likeness (QED) is 0.754. The van der Waals surface area contributed by atoms with E-state index in [9.17, 15) is 9.59 Å². The third-order valence-electron chi connectivity index (χ3n) is 5.02. The Morgan fingerprint density at radius 1 is 1.04 bits per heavy atom. The summed E-state index contributed by atoms with van der Waals surface area (Å²) in [7, 11) is 0. The Morgan fingerprint density at radius 3 is 2.46 bits per heavy atom. The molecular formula is C19H28N4O3. The zero-order valence-corrected chi connectivity index (χ0v) is 15.3. The molecule has 2 amide bonds. The number of nitrogens with one attached hydrogen (secondary N) is 1. The second kappa shape index (κ2) is 9.62. The Balaban J connectivity index is 1.49. The normalized spacial score (nSPS) is 18.1. The second-order valence-corrected chi connectivity index (χ2v) is 6.99. The molecule has 3 rings (SSSR count). The molecule has 0 unspecified atom stereocenters. The number of piperidine rings is 1. The van der Waals surface area contributed by atoms with E-state index >= 15 is 0 Å². The van der Waals surface area contributed by atoms with Crippen molar-refractivity contribution in [2.45, 2.75) is 57.5 Å². The summed E-state index contributed by atoms with van der Waals surface area (Å²) in [5, 5.41) is 2.83. The number of amides is 2. The van der Waals surface area contributed by atoms with Gasteiger partial charge in [0.15, 0.2) is 11.4 Å². The number of carbonyl (C=O) groups is 2. The fourth-order valence-corrected chi connectivity index (χ4v) is 3.57. The molecule has 1 saturated carbocycles. The smallest absolute Gasteiger partial charge is 0.274 e. The van der Waals surface area contributed by atoms with Gasteiger partial charge in [0.2, 0.25) is 0 Å². The molecule has 0 atom stereocenters. The van der Waals surface area contributed by atoms with Crippen molar-refractivity contribution in [3.05, 3.63) is 23.8 Å². The van der Waals surface area contributed by atoms with Crippen molar-refractivity contribution in [3.8, 4) is 0 Å². The number of carbonyl (C=O) groups excluding carboxylic acids is 2. The lowest BCUT2D eigenvalue weighted by Crippen LogP contribution is -2.38. The van der Waals surface area contributed by atoms with E-state index in [1.807, 2.05) is 0 Å². The van der Waals surface area contributed by atoms with E-state index in [0.29, 0.717) is 19.3 Å². The first-order chi connectivity index (χ1) is 12.8. The zero-order chi connectivity index (χ0) is 18.2. The molecule has 1 aliphatic heterocycles. The SMILES string of the molecule is O=C(NCCCOC1CCCC1)c1nccnc1C(=O)N1CCCCC1. The van der Waals surface area contributed by atoms with Crippen molar-refractivity contribution >= 4 is 11.8 Å². The average molecular weight is 360 g/mol. The number of likely N-dealkylation sites (tertiary alicyclic amines) is 1. The van der Waals surface area contributed by atoms with Gasteiger partial charge in [0.05, 0.1) is 6.10 Å². The van der Waals surface area contributed by atoms with Gasteiger partial charge in [-0.15, -0.1) is 0 Å². The Bertz CT molecular complexity index is 611. The van der Waals surface area contributed by atoms with Gasteiger partial charge >= 0.3 is 0 Å². The minimum atomic E-state index is -0.348. The predicted molar refractivity (Wildman–Crippen MR) is 96.9 cm³/mol. The summed E-state index contributed by atoms with van der Waals surface area (Å²) >= 11 is 0. The summed E-state index contributed by atoms with van der Waals surface area (Å²) in [5.41, 5.74) is 0.258. The summed E-state index contributed by atoms with van der Waals surface area (Å²) in [4.78, 5) is 35.1. The maximum Gasteiger partial charge on any atom is 0.274 e. The van der Waals surface area contributed by atoms with E-state index in [4.69, 9.17) is 4.74 Å². The van der Waals surface area contributed by atoms with Crippen molar-refractivity contribution in [3.63, 3.8) is 0 Å². The molecule has 1 N–H and O–H groups in total. The van der Waals surface area contributed by atoms with Gasteiger partial charge in [-0.1, -0.05) is 12.8 Å². The van der Waals surface area contributed by atoms with Crippen LogP contribution < -0.4 is 5.32 Å². The molecule has 0 bridgehead atoms. The van der Waals surface area contributed by atoms with Gasteiger partial charge in [0.25, 0.3) is 11.8 Å². The summed E-state index contributed by atoms with van der Waals surface area (Å²) in [6.45, 7) is 2.58. The van der Waals surface area contributed by atoms with Crippen LogP contribution in [0.3, 0.4) is 0 Å². The molecule has 0 radical (unpaired) electrons. The van der Waals surface area contributed by atoms with Crippen LogP contribution >= 0.6 is 0 Å². The van der Waals surface area contributed by atoms with Crippen molar-refractivity contribution in [1.29, 1.82) is 0 Å². The number of aromatic nitrogens is 2. The fourth-order valence-electron chi connectivity index (χ4n) is 3.57. The molecule has 1 aromatic rings. The minimum Gasteiger partial charge on any atom is -0.378 e. The highest BCUT2D eigenvalue weighted by atomic mass is 16.5. The van der Waals surface area contributed by atoms with Crippen LogP contribution in [0.2, 0.25) is 0 Å². The number of nitrogens with zero attached hydrogens (tertiary/aromatic N) is 3. The fraction of sp³-hybridized carbons (Fsp3) is 0.684. The van der Waals surface area contributed by atoms with E-state index < -0.39 is 0 Å². The van der Waals surface area contributed by atoms with Gasteiger partial charge < -0.3 is 15.0 Å². The molecule has 2 aliphatic rings. The van der Waals surface area contributed by atoms with Gasteiger partial charge in [0.1, 0.15) is 0 Å². The van der Waals surface area contributed by atoms with E-state index in [0.717, 1.165) is 51.6 Å². The molecule has 7 nitrogen and oxygen atoms in total. The van der Waals surface area contributed by atoms with Crippen LogP contribution in [0.5, 0.6) is 0 Å². The number of hydrogen-bond acceptors (Lipinski definition) is 5. The molecule has 1 saturated heterocycles. The second-order valence-electron chi connectivity index (χ2n) is 6.99. The highest BCUT2D eigenvalue weighted by Gasteiger charge is 2.25. The van der Waals surface area contributed by atoms with Crippen LogP contribution in [-0.4, -0.2) is 59.0 Å². The Labute approximate surface area is 154 Å². The minimum absolute atomic E-state index is 0.111. The first-order valence-corrected chi connectivity index (χ1v) is 9.76. The summed E-state index contributed by atoms with van der Waals surface area (Å²) < 4.78 is 5.79. The summed E-state index contributed by atoms with van der Waals surface area (Å²) in [6, 6.07) is 0. The van der Waals surface area contributed by atoms with Crippen LogP contribution in [0.25, 0.3) is 0 Å². The summed E-state index contributed by atoms with van der Waals surface area (Å²) in [5.74, 6) is -0.549. The van der Waals surface area contributed by atoms with Gasteiger partial charge in [0, 0.05) is 38.6 Å². The first kappa shape index (κ1) is 18.8. The largest absolute Gasteiger partial charge is 0.378 e. The van der Waals surface area contributed by atoms with E-state index in [2.05, 4.69) is 15.3 Å². The average Bonchev–Trinajstić information content (AvgIpc) is 3.21. The summed E-state index contributed by atoms with van der Waals surface area (Å²) in [6.07, 6.45) is 12.0. The third-order valence-corrected chi connectivity index (χ3v) is 5.02. The van der Waals surface area contributed by atoms with Crippen LogP contribution in [0.15, 0.2) is 12.4 Å². The van der Waals surface area contributed by atoms with Gasteiger partial charge in [-0.2, -0.15) is 0 Å². The standard InChI is InChI=1S/C19H28N4O3/c24-18(22-9-6-14-26-15-7-2-3-8-15)16-17(21-11-10-20-16)19(25)23-12-4-1-5-13-23/h10-11,15H,1-9,12-14H2,(H,22,24). The van der Waals surface area contributed by atoms with Crippen molar-refractivity contribution in [1.82, 2.24) is 20.2 Å². The maximum atomic E-state index is 12.7. The number of ether oxygens (including phenoxy) is 1. The molecule has 2 fully saturated rings. The Morgan fingerprint density at radius 2 is 1.73 bits per heavy atom. The molecule has 0 spiro atoms. The van der Waals surface area contributed by atoms with Crippen molar-refractivity contribution in [2.24, 2.45) is 0 Å². The first-order valence-electron chi connectivity index (χ1n) is 9.76. The lowest BCUT2D eigenvalue weighted by molar-refractivity contribution is 0.0564. The van der Waals surface area contributed by atoms with Crippen LogP contribution in [-0.2, 0) is 4.74 Å². The maximum absolute atomic E-state index is 12.7. The Kier molecular flexibility index (Phi) is 6.94. The molecular weight excluding hydrogens is 332 g/mol. The van der Waals surface area contributed by atoms with Crippen LogP contribution in [0, 0.1) is 0 Å². The molecule has 1 aliphatic carbocycles. The predicted octanol–water partition coefficient (Wildman–Crippen LogP) is 2.18. The highest BCUT2D eigenvalue weighted by Crippen LogP contribution is 2.20. The topological polar surface area (TPSA) is 84.4 Å². The lowest BCUT2D eigenvalue weighted by Gasteiger charge is -2.26. The van der Waals surface area contributed by atoms with Crippen LogP contribution in [0.1, 0.15) is 72.3 Å². The van der Waals surface area contributed by atoms with Crippen LogP contribution in [0.4, 0.5) is 0 Å². The number of hydrogen-bond donors (Lipinski definition) is 1. The van der Waals surface area contributed by atoms with Crippen molar-refractivity contribution in [2.75, 3.05) is 26.2 Å². The molecule has 7 heteroatoms. The molecule has 0 aromatic carbocycles. The Hall–Kier alpha value is -2.02. The molecule has 1 aromatic heterocycles. The van der Waals surface area contributed by atoms with E-state index in [-0.39, 0.29) is 23.2 Å². The van der Waals surface area contributed by atoms with Crippen molar-refractivity contribution < 1.29 is 14.3 Å². The lowest BCUT2D eigenvalue weighted by atomic mass is 10.1. The molecule has 2 heterocycles. The number of rotatable bonds is 7. The monoisotopic (exact) mass is 360 g/mol. The molecule has 142 valence electrons. The van der Waals surface area contributed by atoms with Gasteiger partial charge in [-0.25, -0.2) is 9.97 Å². The third kappa shape index (κ3) is 5.00. The molecule has 26 heavy (non-hydrogen) atoms. The van der Waals surface area contributed by atoms with Gasteiger partial charge in [-0.3, -0.25) is 9.59 Å². The van der Waals surface area contributed by atoms with Gasteiger partial charge in [-0.05, 0) is 38.5 Å². The van der Waals surface area contributed by atoms with E-state index in [1.54, 1.807) is 4.90 Å². The zero-order valence-electron chi connectivity index (χ0n) is 15.3. The highest BCUT2D eigenvalue weighted by molar-refractivity contribution is 6.04.